The summed E-state index contributed by atoms with van der Waals surface area (Å²) in [6.07, 6.45) is 4.79. The van der Waals surface area contributed by atoms with Crippen molar-refractivity contribution in [1.82, 2.24) is 14.7 Å². The second kappa shape index (κ2) is 7.27. The first-order chi connectivity index (χ1) is 10.0. The third kappa shape index (κ3) is 4.20. The van der Waals surface area contributed by atoms with Crippen LogP contribution in [0.25, 0.3) is 0 Å². The van der Waals surface area contributed by atoms with Crippen LogP contribution in [0.4, 0.5) is 5.69 Å². The van der Waals surface area contributed by atoms with Gasteiger partial charge >= 0.3 is 0 Å². The van der Waals surface area contributed by atoms with Crippen LogP contribution in [0.3, 0.4) is 0 Å². The van der Waals surface area contributed by atoms with Gasteiger partial charge in [0.05, 0.1) is 29.7 Å². The van der Waals surface area contributed by atoms with Gasteiger partial charge in [-0.25, -0.2) is 0 Å². The molecule has 0 aromatic carbocycles. The Morgan fingerprint density at radius 1 is 1.29 bits per heavy atom. The lowest BCUT2D eigenvalue weighted by Crippen LogP contribution is -2.40. The zero-order valence-electron chi connectivity index (χ0n) is 13.7. The van der Waals surface area contributed by atoms with E-state index < -0.39 is 0 Å². The first-order valence-corrected chi connectivity index (χ1v) is 8.21. The Labute approximate surface area is 128 Å². The molecule has 5 nitrogen and oxygen atoms in total. The molecule has 1 fully saturated rings. The Hall–Kier alpha value is -1.07. The van der Waals surface area contributed by atoms with Gasteiger partial charge in [-0.1, -0.05) is 19.8 Å². The molecule has 3 N–H and O–H groups in total. The number of hydrogen-bond acceptors (Lipinski definition) is 4. The fraction of sp³-hybridized carbons (Fsp3) is 0.812. The number of nitrogen functional groups attached to an aromatic ring is 1. The number of rotatable bonds is 6. The van der Waals surface area contributed by atoms with Crippen LogP contribution in [0.5, 0.6) is 0 Å². The maximum atomic E-state index is 10.3. The highest BCUT2D eigenvalue weighted by Gasteiger charge is 2.21. The second-order valence-corrected chi connectivity index (χ2v) is 6.45. The summed E-state index contributed by atoms with van der Waals surface area (Å²) < 4.78 is 1.83. The van der Waals surface area contributed by atoms with Gasteiger partial charge in [0.2, 0.25) is 0 Å². The van der Waals surface area contributed by atoms with Crippen LogP contribution in [-0.4, -0.2) is 45.5 Å². The number of aryl methyl sites for hydroxylation is 1. The van der Waals surface area contributed by atoms with Gasteiger partial charge in [-0.3, -0.25) is 4.68 Å². The summed E-state index contributed by atoms with van der Waals surface area (Å²) in [4.78, 5) is 2.38. The molecule has 5 heteroatoms. The van der Waals surface area contributed by atoms with E-state index in [2.05, 4.69) is 16.9 Å². The van der Waals surface area contributed by atoms with Crippen LogP contribution in [0.2, 0.25) is 0 Å². The van der Waals surface area contributed by atoms with Crippen molar-refractivity contribution in [3.05, 3.63) is 11.4 Å². The third-order valence-corrected chi connectivity index (χ3v) is 4.69. The van der Waals surface area contributed by atoms with Gasteiger partial charge in [-0.2, -0.15) is 5.10 Å². The van der Waals surface area contributed by atoms with Gasteiger partial charge in [0.15, 0.2) is 0 Å². The normalized spacial score (nSPS) is 19.0. The first kappa shape index (κ1) is 16.3. The van der Waals surface area contributed by atoms with E-state index >= 15 is 0 Å². The van der Waals surface area contributed by atoms with Gasteiger partial charge in [0, 0.05) is 6.54 Å². The van der Waals surface area contributed by atoms with Crippen LogP contribution in [0, 0.1) is 19.8 Å². The Balaban J connectivity index is 1.80. The van der Waals surface area contributed by atoms with E-state index in [1.165, 1.54) is 25.7 Å². The molecule has 0 bridgehead atoms. The SMILES string of the molecule is CCCC1CCN(CC(O)Cn2nc(C)c(N)c2C)CC1. The van der Waals surface area contributed by atoms with Gasteiger partial charge in [-0.15, -0.1) is 0 Å². The van der Waals surface area contributed by atoms with Gasteiger partial charge in [-0.05, 0) is 45.7 Å². The fourth-order valence-corrected chi connectivity index (χ4v) is 3.31. The molecule has 0 aliphatic carbocycles. The lowest BCUT2D eigenvalue weighted by atomic mass is 9.92. The molecule has 1 aliphatic rings. The molecule has 1 saturated heterocycles. The van der Waals surface area contributed by atoms with E-state index in [-0.39, 0.29) is 6.10 Å². The number of aliphatic hydroxyl groups is 1. The maximum Gasteiger partial charge on any atom is 0.0862 e. The summed E-state index contributed by atoms with van der Waals surface area (Å²) in [5, 5.41) is 14.7. The first-order valence-electron chi connectivity index (χ1n) is 8.21. The van der Waals surface area contributed by atoms with E-state index in [9.17, 15) is 5.11 Å². The smallest absolute Gasteiger partial charge is 0.0862 e. The van der Waals surface area contributed by atoms with Crippen molar-refractivity contribution in [3.63, 3.8) is 0 Å². The number of aliphatic hydroxyl groups excluding tert-OH is 1. The number of nitrogens with two attached hydrogens (primary N) is 1. The van der Waals surface area contributed by atoms with E-state index in [0.29, 0.717) is 6.54 Å². The minimum atomic E-state index is -0.384. The van der Waals surface area contributed by atoms with Crippen LogP contribution in [0.1, 0.15) is 44.0 Å². The molecular weight excluding hydrogens is 264 g/mol. The molecular formula is C16H30N4O. The predicted molar refractivity (Wildman–Crippen MR) is 86.2 cm³/mol. The topological polar surface area (TPSA) is 67.3 Å². The van der Waals surface area contributed by atoms with E-state index in [1.54, 1.807) is 0 Å². The van der Waals surface area contributed by atoms with Gasteiger partial charge < -0.3 is 15.7 Å². The van der Waals surface area contributed by atoms with Crippen LogP contribution in [0.15, 0.2) is 0 Å². The highest BCUT2D eigenvalue weighted by molar-refractivity contribution is 5.46. The summed E-state index contributed by atoms with van der Waals surface area (Å²) in [6.45, 7) is 9.61. The molecule has 1 aliphatic heterocycles. The number of nitrogens with zero attached hydrogens (tertiary/aromatic N) is 3. The van der Waals surface area contributed by atoms with Crippen molar-refractivity contribution < 1.29 is 5.11 Å². The Morgan fingerprint density at radius 2 is 1.95 bits per heavy atom. The van der Waals surface area contributed by atoms with Crippen LogP contribution in [-0.2, 0) is 6.54 Å². The quantitative estimate of drug-likeness (QED) is 0.841. The lowest BCUT2D eigenvalue weighted by molar-refractivity contribution is 0.0743. The standard InChI is InChI=1S/C16H30N4O/c1-4-5-14-6-8-19(9-7-14)10-15(21)11-20-13(3)16(17)12(2)18-20/h14-15,21H,4-11,17H2,1-3H3. The van der Waals surface area contributed by atoms with Crippen molar-refractivity contribution >= 4 is 5.69 Å². The molecule has 0 radical (unpaired) electrons. The Morgan fingerprint density at radius 3 is 2.48 bits per heavy atom. The summed E-state index contributed by atoms with van der Waals surface area (Å²) in [6, 6.07) is 0. The zero-order valence-corrected chi connectivity index (χ0v) is 13.7. The van der Waals surface area contributed by atoms with E-state index in [4.69, 9.17) is 5.73 Å². The summed E-state index contributed by atoms with van der Waals surface area (Å²) >= 11 is 0. The molecule has 2 heterocycles. The Kier molecular flexibility index (Phi) is 5.65. The molecule has 21 heavy (non-hydrogen) atoms. The highest BCUT2D eigenvalue weighted by atomic mass is 16.3. The molecule has 0 saturated carbocycles. The summed E-state index contributed by atoms with van der Waals surface area (Å²) in [7, 11) is 0. The minimum Gasteiger partial charge on any atom is -0.396 e. The van der Waals surface area contributed by atoms with Crippen molar-refractivity contribution in [2.45, 2.75) is 59.1 Å². The number of β-amino-alcohol motifs (C(OH)–C–C–N with tert-alkyl or cyclic N) is 1. The summed E-state index contributed by atoms with van der Waals surface area (Å²) in [5.74, 6) is 0.888. The summed E-state index contributed by atoms with van der Waals surface area (Å²) in [5.41, 5.74) is 8.47. The maximum absolute atomic E-state index is 10.3. The Bertz CT molecular complexity index is 449. The zero-order chi connectivity index (χ0) is 15.4. The molecule has 1 unspecified atom stereocenters. The average molecular weight is 294 g/mol. The second-order valence-electron chi connectivity index (χ2n) is 6.45. The number of piperidine rings is 1. The van der Waals surface area contributed by atoms with Crippen molar-refractivity contribution in [3.8, 4) is 0 Å². The van der Waals surface area contributed by atoms with E-state index in [0.717, 1.165) is 42.6 Å². The number of likely N-dealkylation sites (tertiary alicyclic amines) is 1. The minimum absolute atomic E-state index is 0.384. The molecule has 0 spiro atoms. The predicted octanol–water partition coefficient (Wildman–Crippen LogP) is 1.96. The number of hydrogen-bond donors (Lipinski definition) is 2. The third-order valence-electron chi connectivity index (χ3n) is 4.69. The average Bonchev–Trinajstić information content (AvgIpc) is 2.69. The fourth-order valence-electron chi connectivity index (χ4n) is 3.31. The monoisotopic (exact) mass is 294 g/mol. The molecule has 1 atom stereocenters. The van der Waals surface area contributed by atoms with Gasteiger partial charge in [0.1, 0.15) is 0 Å². The van der Waals surface area contributed by atoms with Crippen molar-refractivity contribution in [1.29, 1.82) is 0 Å². The molecule has 1 aromatic heterocycles. The van der Waals surface area contributed by atoms with Crippen molar-refractivity contribution in [2.75, 3.05) is 25.4 Å². The van der Waals surface area contributed by atoms with Crippen LogP contribution < -0.4 is 5.73 Å². The van der Waals surface area contributed by atoms with Crippen molar-refractivity contribution in [2.24, 2.45) is 5.92 Å². The van der Waals surface area contributed by atoms with Crippen LogP contribution >= 0.6 is 0 Å². The molecule has 0 amide bonds. The lowest BCUT2D eigenvalue weighted by Gasteiger charge is -2.33. The van der Waals surface area contributed by atoms with E-state index in [1.807, 2.05) is 18.5 Å². The number of aromatic nitrogens is 2. The molecule has 2 rings (SSSR count). The van der Waals surface area contributed by atoms with Gasteiger partial charge in [0.25, 0.3) is 0 Å². The highest BCUT2D eigenvalue weighted by Crippen LogP contribution is 2.22. The number of anilines is 1. The molecule has 120 valence electrons. The largest absolute Gasteiger partial charge is 0.396 e. The molecule has 1 aromatic rings.